The van der Waals surface area contributed by atoms with Gasteiger partial charge >= 0.3 is 0 Å². The maximum absolute atomic E-state index is 11.7. The molecule has 2 aromatic heterocycles. The molecule has 2 heterocycles. The summed E-state index contributed by atoms with van der Waals surface area (Å²) in [4.78, 5) is 32.0. The highest BCUT2D eigenvalue weighted by Crippen LogP contribution is 2.24. The largest absolute Gasteiger partial charge is 0.497 e. The number of amides is 2. The Morgan fingerprint density at radius 2 is 1.09 bits per heavy atom. The summed E-state index contributed by atoms with van der Waals surface area (Å²) in [7, 11) is 2.22. The lowest BCUT2D eigenvalue weighted by Gasteiger charge is -2.12. The van der Waals surface area contributed by atoms with Crippen molar-refractivity contribution in [1.82, 2.24) is 19.1 Å². The molecule has 4 N–H and O–H groups in total. The van der Waals surface area contributed by atoms with Crippen LogP contribution in [-0.4, -0.2) is 80.8 Å². The van der Waals surface area contributed by atoms with Gasteiger partial charge < -0.3 is 39.5 Å². The van der Waals surface area contributed by atoms with Crippen LogP contribution in [0.5, 0.6) is 23.0 Å². The Balaban J connectivity index is 0.000000218. The van der Waals surface area contributed by atoms with Crippen LogP contribution in [0.2, 0.25) is 0 Å². The van der Waals surface area contributed by atoms with Gasteiger partial charge in [0.25, 0.3) is 0 Å². The molecule has 6 aromatic rings. The Morgan fingerprint density at radius 1 is 0.684 bits per heavy atom. The van der Waals surface area contributed by atoms with Crippen LogP contribution in [0.25, 0.3) is 22.1 Å². The van der Waals surface area contributed by atoms with Crippen LogP contribution >= 0.6 is 0 Å². The van der Waals surface area contributed by atoms with Crippen molar-refractivity contribution in [3.63, 3.8) is 0 Å². The molecule has 17 heteroatoms. The summed E-state index contributed by atoms with van der Waals surface area (Å²) in [6, 6.07) is 25.6. The summed E-state index contributed by atoms with van der Waals surface area (Å²) in [6.07, 6.45) is 2.86. The number of sulfone groups is 1. The van der Waals surface area contributed by atoms with Crippen LogP contribution in [0.4, 0.5) is 0 Å². The number of rotatable bonds is 16. The molecule has 3 atom stereocenters. The highest BCUT2D eigenvalue weighted by atomic mass is 32.2. The minimum atomic E-state index is -3.57. The van der Waals surface area contributed by atoms with Crippen molar-refractivity contribution in [3.05, 3.63) is 108 Å². The first kappa shape index (κ1) is 42.2. The number of nitrogens with zero attached hydrogens (tertiary/aromatic N) is 4. The molecule has 2 amide bonds. The van der Waals surface area contributed by atoms with Gasteiger partial charge in [-0.1, -0.05) is 24.3 Å². The molecule has 0 fully saturated rings. The van der Waals surface area contributed by atoms with Crippen molar-refractivity contribution in [2.45, 2.75) is 36.6 Å². The summed E-state index contributed by atoms with van der Waals surface area (Å²) in [5.74, 6) is 2.96. The number of carbonyl (C=O) groups excluding carboxylic acids is 2. The lowest BCUT2D eigenvalue weighted by molar-refractivity contribution is -0.118. The van der Waals surface area contributed by atoms with Gasteiger partial charge in [-0.3, -0.25) is 13.8 Å². The topological polar surface area (TPSA) is 210 Å². The van der Waals surface area contributed by atoms with Gasteiger partial charge in [-0.05, 0) is 72.5 Å². The number of nitrogens with two attached hydrogens (primary N) is 2. The lowest BCUT2D eigenvalue weighted by Crippen LogP contribution is -2.37. The zero-order valence-electron chi connectivity index (χ0n) is 32.5. The molecule has 0 bridgehead atoms. The van der Waals surface area contributed by atoms with Gasteiger partial charge in [0.2, 0.25) is 11.8 Å². The van der Waals surface area contributed by atoms with Crippen molar-refractivity contribution < 1.29 is 41.2 Å². The van der Waals surface area contributed by atoms with Crippen molar-refractivity contribution >= 4 is 54.5 Å². The van der Waals surface area contributed by atoms with E-state index in [2.05, 4.69) is 9.97 Å². The maximum atomic E-state index is 11.7. The van der Waals surface area contributed by atoms with Crippen LogP contribution in [0, 0.1) is 0 Å². The Labute approximate surface area is 333 Å². The summed E-state index contributed by atoms with van der Waals surface area (Å²) < 4.78 is 61.1. The molecule has 57 heavy (non-hydrogen) atoms. The average molecular weight is 819 g/mol. The predicted octanol–water partition coefficient (Wildman–Crippen LogP) is 3.54. The van der Waals surface area contributed by atoms with E-state index >= 15 is 0 Å². The third-order valence-corrected chi connectivity index (χ3v) is 12.0. The predicted molar refractivity (Wildman–Crippen MR) is 218 cm³/mol. The molecule has 0 saturated heterocycles. The standard InChI is InChI=1S/C20H23N3O5S.C20H23N3O4S/c1-23-17-11-15(27-2)8-9-16(17)22-19(23)12-28-14-6-4-13(5-7-14)10-18(20(21)24)29(3,25)26;1-23-17-11-15(26-2)8-9-16(17)22-19(23)12-27-14-6-4-13(5-7-14)10-18(20(21)24)28(3)25/h4-9,11,18H,10,12H2,1-3H3,(H2,21,24);4-9,11,18H,10,12H2,1-3H3,(H2,21,24). The number of primary amides is 2. The molecule has 0 aliphatic carbocycles. The molecular formula is C40H46N6O9S2. The van der Waals surface area contributed by atoms with Crippen molar-refractivity contribution in [2.24, 2.45) is 25.6 Å². The van der Waals surface area contributed by atoms with Crippen LogP contribution in [0.1, 0.15) is 22.8 Å². The van der Waals surface area contributed by atoms with Crippen LogP contribution < -0.4 is 30.4 Å². The normalized spacial score (nSPS) is 12.9. The number of hydrogen-bond donors (Lipinski definition) is 2. The number of aryl methyl sites for hydroxylation is 2. The Morgan fingerprint density at radius 3 is 1.44 bits per heavy atom. The average Bonchev–Trinajstić information content (AvgIpc) is 3.68. The van der Waals surface area contributed by atoms with E-state index in [0.717, 1.165) is 57.0 Å². The van der Waals surface area contributed by atoms with Gasteiger partial charge in [0, 0.05) is 49.5 Å². The fraction of sp³-hybridized carbons (Fsp3) is 0.300. The molecule has 0 radical (unpaired) electrons. The number of benzene rings is 4. The minimum absolute atomic E-state index is 0.0288. The molecular weight excluding hydrogens is 773 g/mol. The fourth-order valence-electron chi connectivity index (χ4n) is 5.96. The van der Waals surface area contributed by atoms with Crippen molar-refractivity contribution in [2.75, 3.05) is 26.7 Å². The second-order valence-corrected chi connectivity index (χ2v) is 17.1. The number of hydrogen-bond acceptors (Lipinski definition) is 11. The number of methoxy groups -OCH3 is 2. The minimum Gasteiger partial charge on any atom is -0.497 e. The molecule has 15 nitrogen and oxygen atoms in total. The van der Waals surface area contributed by atoms with Crippen molar-refractivity contribution in [3.8, 4) is 23.0 Å². The second kappa shape index (κ2) is 18.3. The van der Waals surface area contributed by atoms with E-state index in [1.54, 1.807) is 38.5 Å². The number of ether oxygens (including phenoxy) is 4. The summed E-state index contributed by atoms with van der Waals surface area (Å²) in [5, 5.41) is -1.94. The highest BCUT2D eigenvalue weighted by Gasteiger charge is 2.27. The number of fused-ring (bicyclic) bond motifs is 2. The quantitative estimate of drug-likeness (QED) is 0.144. The van der Waals surface area contributed by atoms with Gasteiger partial charge in [0.15, 0.2) is 9.84 Å². The molecule has 4 aromatic carbocycles. The van der Waals surface area contributed by atoms with E-state index in [0.29, 0.717) is 30.1 Å². The molecule has 0 aliphatic rings. The van der Waals surface area contributed by atoms with E-state index < -0.39 is 43.0 Å². The Bertz CT molecular complexity index is 2490. The maximum Gasteiger partial charge on any atom is 0.236 e. The van der Waals surface area contributed by atoms with E-state index in [1.165, 1.54) is 6.26 Å². The monoisotopic (exact) mass is 818 g/mol. The number of aromatic nitrogens is 4. The van der Waals surface area contributed by atoms with Gasteiger partial charge in [-0.2, -0.15) is 0 Å². The molecule has 3 unspecified atom stereocenters. The van der Waals surface area contributed by atoms with E-state index in [4.69, 9.17) is 30.4 Å². The highest BCUT2D eigenvalue weighted by molar-refractivity contribution is 7.92. The third-order valence-electron chi connectivity index (χ3n) is 9.34. The van der Waals surface area contributed by atoms with E-state index in [9.17, 15) is 22.2 Å². The molecule has 0 aliphatic heterocycles. The Hall–Kier alpha value is -5.94. The summed E-state index contributed by atoms with van der Waals surface area (Å²) in [6.45, 7) is 0.579. The number of carbonyl (C=O) groups is 2. The molecule has 302 valence electrons. The summed E-state index contributed by atoms with van der Waals surface area (Å²) >= 11 is 0. The van der Waals surface area contributed by atoms with Gasteiger partial charge in [0.1, 0.15) is 58.4 Å². The smallest absolute Gasteiger partial charge is 0.236 e. The first-order valence-electron chi connectivity index (χ1n) is 17.6. The lowest BCUT2D eigenvalue weighted by atomic mass is 10.1. The van der Waals surface area contributed by atoms with Gasteiger partial charge in [-0.15, -0.1) is 0 Å². The third kappa shape index (κ3) is 10.7. The molecule has 0 spiro atoms. The SMILES string of the molecule is COc1ccc2nc(COc3ccc(CC(C(N)=O)S(C)(=O)=O)cc3)n(C)c2c1.COc1ccc2nc(COc3ccc(CC(C(N)=O)S(C)=O)cc3)n(C)c2c1. The second-order valence-electron chi connectivity index (χ2n) is 13.3. The first-order valence-corrected chi connectivity index (χ1v) is 21.2. The zero-order valence-corrected chi connectivity index (χ0v) is 34.1. The van der Waals surface area contributed by atoms with Gasteiger partial charge in [0.05, 0.1) is 36.3 Å². The Kier molecular flexibility index (Phi) is 13.6. The van der Waals surface area contributed by atoms with Crippen molar-refractivity contribution in [1.29, 1.82) is 0 Å². The van der Waals surface area contributed by atoms with E-state index in [-0.39, 0.29) is 13.0 Å². The van der Waals surface area contributed by atoms with Gasteiger partial charge in [-0.25, -0.2) is 18.4 Å². The zero-order chi connectivity index (χ0) is 41.4. The van der Waals surface area contributed by atoms with E-state index in [1.807, 2.05) is 83.9 Å². The van der Waals surface area contributed by atoms with Crippen LogP contribution in [-0.2, 0) is 70.4 Å². The van der Waals surface area contributed by atoms with Crippen LogP contribution in [0.15, 0.2) is 84.9 Å². The summed E-state index contributed by atoms with van der Waals surface area (Å²) in [5.41, 5.74) is 15.7. The van der Waals surface area contributed by atoms with Crippen LogP contribution in [0.3, 0.4) is 0 Å². The molecule has 0 saturated carbocycles. The first-order chi connectivity index (χ1) is 27.1. The molecule has 6 rings (SSSR count). The number of imidazole rings is 2. The fourth-order valence-corrected chi connectivity index (χ4v) is 7.63.